The molecule has 1 unspecified atom stereocenters. The van der Waals surface area contributed by atoms with Crippen molar-refractivity contribution < 1.29 is 4.42 Å². The summed E-state index contributed by atoms with van der Waals surface area (Å²) in [7, 11) is 0. The van der Waals surface area contributed by atoms with E-state index in [1.165, 1.54) is 72.3 Å². The van der Waals surface area contributed by atoms with E-state index in [1.807, 2.05) is 0 Å². The van der Waals surface area contributed by atoms with E-state index < -0.39 is 5.41 Å². The standard InChI is InChI=1S/C73H46N2O/c1-3-20-47(21-4-1)48-38-40-50(41-39-48)74(68-36-19-32-60-55-27-10-9-26-54(55)58-29-13-17-35-67(58)75(71(60)68)49-22-5-2-6-23-49)51-42-43-57-53-25-8-7-24-52(53)56-28-11-15-33-63(56)73(66(57)46-51)64-34-16-12-31-62(64)70-65(73)45-44-61-59-30-14-18-37-69(59)76-72(61)70/h1-46H. The molecule has 354 valence electrons. The maximum absolute atomic E-state index is 7.02. The first-order valence-corrected chi connectivity index (χ1v) is 26.2. The Morgan fingerprint density at radius 3 is 1.62 bits per heavy atom. The third kappa shape index (κ3) is 5.99. The van der Waals surface area contributed by atoms with Gasteiger partial charge >= 0.3 is 0 Å². The van der Waals surface area contributed by atoms with Crippen molar-refractivity contribution in [1.29, 1.82) is 0 Å². The number of para-hydroxylation sites is 4. The Kier molecular flexibility index (Phi) is 9.25. The van der Waals surface area contributed by atoms with Gasteiger partial charge in [-0.1, -0.05) is 224 Å². The summed E-state index contributed by atoms with van der Waals surface area (Å²) in [5.74, 6) is 0. The Balaban J connectivity index is 1.03. The molecule has 1 aliphatic heterocycles. The van der Waals surface area contributed by atoms with Crippen LogP contribution < -0.4 is 9.80 Å². The Labute approximate surface area is 441 Å². The summed E-state index contributed by atoms with van der Waals surface area (Å²) >= 11 is 0. The van der Waals surface area contributed by atoms with Crippen LogP contribution in [0.4, 0.5) is 34.1 Å². The number of nitrogens with zero attached hydrogens (tertiary/aromatic N) is 2. The summed E-state index contributed by atoms with van der Waals surface area (Å²) in [5, 5.41) is 2.25. The fraction of sp³-hybridized carbons (Fsp3) is 0.0137. The van der Waals surface area contributed by atoms with Crippen LogP contribution in [0, 0.1) is 0 Å². The second-order valence-corrected chi connectivity index (χ2v) is 20.2. The number of furan rings is 1. The number of hydrogen-bond donors (Lipinski definition) is 0. The maximum Gasteiger partial charge on any atom is 0.143 e. The predicted molar refractivity (Wildman–Crippen MR) is 315 cm³/mol. The molecule has 3 aliphatic rings. The number of benzene rings is 12. The lowest BCUT2D eigenvalue weighted by molar-refractivity contribution is 0.669. The highest BCUT2D eigenvalue weighted by Crippen LogP contribution is 2.64. The van der Waals surface area contributed by atoms with Crippen LogP contribution in [0.2, 0.25) is 0 Å². The second-order valence-electron chi connectivity index (χ2n) is 20.2. The van der Waals surface area contributed by atoms with Crippen LogP contribution >= 0.6 is 0 Å². The van der Waals surface area contributed by atoms with Crippen LogP contribution in [0.3, 0.4) is 0 Å². The van der Waals surface area contributed by atoms with Crippen molar-refractivity contribution in [3.05, 3.63) is 301 Å². The molecule has 3 nitrogen and oxygen atoms in total. The molecule has 16 rings (SSSR count). The molecule has 0 radical (unpaired) electrons. The second kappa shape index (κ2) is 16.5. The fourth-order valence-electron chi connectivity index (χ4n) is 13.3. The van der Waals surface area contributed by atoms with Gasteiger partial charge in [0, 0.05) is 44.5 Å². The normalized spacial score (nSPS) is 14.3. The van der Waals surface area contributed by atoms with E-state index in [0.29, 0.717) is 0 Å². The van der Waals surface area contributed by atoms with E-state index in [2.05, 4.69) is 289 Å². The molecule has 0 fully saturated rings. The highest BCUT2D eigenvalue weighted by Gasteiger charge is 2.51. The van der Waals surface area contributed by atoms with Crippen molar-refractivity contribution in [1.82, 2.24) is 0 Å². The Bertz CT molecular complexity index is 4480. The third-order valence-electron chi connectivity index (χ3n) is 16.4. The van der Waals surface area contributed by atoms with Crippen LogP contribution in [0.5, 0.6) is 0 Å². The first kappa shape index (κ1) is 42.5. The average molecular weight is 967 g/mol. The lowest BCUT2D eigenvalue weighted by atomic mass is 9.65. The maximum atomic E-state index is 7.02. The number of anilines is 6. The zero-order chi connectivity index (χ0) is 49.9. The Morgan fingerprint density at radius 1 is 0.329 bits per heavy atom. The minimum atomic E-state index is -0.759. The number of fused-ring (bicyclic) bond motifs is 21. The van der Waals surface area contributed by atoms with Crippen LogP contribution in [-0.4, -0.2) is 0 Å². The summed E-state index contributed by atoms with van der Waals surface area (Å²) in [4.78, 5) is 5.01. The fourth-order valence-corrected chi connectivity index (χ4v) is 13.3. The molecule has 0 bridgehead atoms. The van der Waals surface area contributed by atoms with Crippen molar-refractivity contribution in [2.24, 2.45) is 0 Å². The molecule has 1 spiro atoms. The van der Waals surface area contributed by atoms with Crippen LogP contribution in [0.15, 0.2) is 283 Å². The summed E-state index contributed by atoms with van der Waals surface area (Å²) < 4.78 is 7.02. The molecule has 3 heteroatoms. The first-order chi connectivity index (χ1) is 37.7. The van der Waals surface area contributed by atoms with Crippen molar-refractivity contribution in [2.45, 2.75) is 5.41 Å². The van der Waals surface area contributed by atoms with Crippen molar-refractivity contribution in [2.75, 3.05) is 9.80 Å². The molecule has 2 heterocycles. The quantitative estimate of drug-likeness (QED) is 0.171. The molecule has 1 atom stereocenters. The van der Waals surface area contributed by atoms with E-state index in [4.69, 9.17) is 4.42 Å². The molecule has 0 N–H and O–H groups in total. The molecule has 2 aliphatic carbocycles. The molecular weight excluding hydrogens is 921 g/mol. The summed E-state index contributed by atoms with van der Waals surface area (Å²) in [6.07, 6.45) is 0. The van der Waals surface area contributed by atoms with Gasteiger partial charge in [-0.25, -0.2) is 0 Å². The van der Waals surface area contributed by atoms with Gasteiger partial charge in [0.2, 0.25) is 0 Å². The minimum absolute atomic E-state index is 0.759. The van der Waals surface area contributed by atoms with Crippen LogP contribution in [0.25, 0.3) is 88.7 Å². The SMILES string of the molecule is c1ccc(-c2ccc(N(c3ccc4c(c3)C3(c5ccccc5-c5ccccc5-4)c4ccccc4-c4c3ccc3c4oc4ccccc43)c3cccc4c3N(c3ccccc3)c3ccccc3-c3ccccc3-4)cc2)cc1. The smallest absolute Gasteiger partial charge is 0.143 e. The molecule has 0 saturated carbocycles. The van der Waals surface area contributed by atoms with Gasteiger partial charge in [-0.3, -0.25) is 0 Å². The van der Waals surface area contributed by atoms with E-state index >= 15 is 0 Å². The summed E-state index contributed by atoms with van der Waals surface area (Å²) in [6.45, 7) is 0. The molecular formula is C73H46N2O. The van der Waals surface area contributed by atoms with Gasteiger partial charge in [0.05, 0.1) is 22.5 Å². The highest BCUT2D eigenvalue weighted by molar-refractivity contribution is 6.14. The highest BCUT2D eigenvalue weighted by atomic mass is 16.3. The molecule has 0 amide bonds. The average Bonchev–Trinajstić information content (AvgIpc) is 4.08. The van der Waals surface area contributed by atoms with E-state index in [-0.39, 0.29) is 0 Å². The summed E-state index contributed by atoms with van der Waals surface area (Å²) in [6, 6.07) is 103. The van der Waals surface area contributed by atoms with Gasteiger partial charge in [0.25, 0.3) is 0 Å². The van der Waals surface area contributed by atoms with Gasteiger partial charge in [-0.2, -0.15) is 0 Å². The molecule has 13 aromatic rings. The van der Waals surface area contributed by atoms with Gasteiger partial charge in [0.15, 0.2) is 0 Å². The van der Waals surface area contributed by atoms with E-state index in [0.717, 1.165) is 72.8 Å². The van der Waals surface area contributed by atoms with Gasteiger partial charge in [-0.05, 0) is 127 Å². The predicted octanol–water partition coefficient (Wildman–Crippen LogP) is 19.9. The lowest BCUT2D eigenvalue weighted by Crippen LogP contribution is -2.29. The molecule has 1 aromatic heterocycles. The summed E-state index contributed by atoms with van der Waals surface area (Å²) in [5.41, 5.74) is 26.7. The first-order valence-electron chi connectivity index (χ1n) is 26.2. The molecule has 12 aromatic carbocycles. The largest absolute Gasteiger partial charge is 0.455 e. The molecule has 76 heavy (non-hydrogen) atoms. The zero-order valence-electron chi connectivity index (χ0n) is 41.4. The lowest BCUT2D eigenvalue weighted by Gasteiger charge is -2.37. The van der Waals surface area contributed by atoms with Gasteiger partial charge in [0.1, 0.15) is 11.2 Å². The van der Waals surface area contributed by atoms with Crippen LogP contribution in [0.1, 0.15) is 22.3 Å². The molecule has 0 saturated heterocycles. The van der Waals surface area contributed by atoms with Gasteiger partial charge in [-0.15, -0.1) is 0 Å². The topological polar surface area (TPSA) is 19.6 Å². The third-order valence-corrected chi connectivity index (χ3v) is 16.4. The van der Waals surface area contributed by atoms with E-state index in [9.17, 15) is 0 Å². The van der Waals surface area contributed by atoms with Crippen molar-refractivity contribution >= 4 is 56.1 Å². The Hall–Kier alpha value is -9.96. The Morgan fingerprint density at radius 2 is 0.868 bits per heavy atom. The van der Waals surface area contributed by atoms with Gasteiger partial charge < -0.3 is 14.2 Å². The van der Waals surface area contributed by atoms with E-state index in [1.54, 1.807) is 0 Å². The van der Waals surface area contributed by atoms with Crippen LogP contribution in [-0.2, 0) is 5.41 Å². The zero-order valence-corrected chi connectivity index (χ0v) is 41.4. The number of rotatable bonds is 5. The monoisotopic (exact) mass is 966 g/mol. The van der Waals surface area contributed by atoms with Crippen molar-refractivity contribution in [3.63, 3.8) is 0 Å². The van der Waals surface area contributed by atoms with Crippen molar-refractivity contribution in [3.8, 4) is 66.8 Å². The number of hydrogen-bond acceptors (Lipinski definition) is 3. The minimum Gasteiger partial charge on any atom is -0.455 e.